The topological polar surface area (TPSA) is 30.2 Å². The lowest BCUT2D eigenvalue weighted by Crippen LogP contribution is -2.00. The Morgan fingerprint density at radius 1 is 1.05 bits per heavy atom. The second kappa shape index (κ2) is 5.57. The van der Waals surface area contributed by atoms with Crippen molar-refractivity contribution in [3.8, 4) is 0 Å². The predicted molar refractivity (Wildman–Crippen MR) is 84.6 cm³/mol. The fourth-order valence-corrected chi connectivity index (χ4v) is 2.50. The van der Waals surface area contributed by atoms with Crippen LogP contribution >= 0.6 is 0 Å². The van der Waals surface area contributed by atoms with Gasteiger partial charge in [-0.05, 0) is 30.0 Å². The number of ketones is 1. The number of hydrogen-bond acceptors (Lipinski definition) is 2. The molecule has 2 heteroatoms. The molecule has 0 saturated heterocycles. The van der Waals surface area contributed by atoms with E-state index in [1.165, 1.54) is 5.56 Å². The van der Waals surface area contributed by atoms with Crippen molar-refractivity contribution < 1.29 is 9.21 Å². The highest BCUT2D eigenvalue weighted by atomic mass is 16.3. The molecule has 3 aromatic rings. The van der Waals surface area contributed by atoms with Gasteiger partial charge in [0.25, 0.3) is 0 Å². The lowest BCUT2D eigenvalue weighted by atomic mass is 10.0. The molecule has 0 aliphatic carbocycles. The van der Waals surface area contributed by atoms with Gasteiger partial charge in [0, 0.05) is 10.9 Å². The summed E-state index contributed by atoms with van der Waals surface area (Å²) in [6.45, 7) is 4.38. The lowest BCUT2D eigenvalue weighted by Gasteiger charge is -2.05. The fraction of sp³-hybridized carbons (Fsp3) is 0.211. The normalized spacial score (nSPS) is 11.2. The summed E-state index contributed by atoms with van der Waals surface area (Å²) in [7, 11) is 0. The van der Waals surface area contributed by atoms with E-state index < -0.39 is 0 Å². The van der Waals surface area contributed by atoms with Gasteiger partial charge in [0.05, 0.1) is 0 Å². The zero-order valence-electron chi connectivity index (χ0n) is 12.3. The molecule has 0 atom stereocenters. The van der Waals surface area contributed by atoms with E-state index in [1.54, 1.807) is 6.07 Å². The van der Waals surface area contributed by atoms with Crippen LogP contribution < -0.4 is 0 Å². The second-order valence-electron chi connectivity index (χ2n) is 5.77. The van der Waals surface area contributed by atoms with Crippen LogP contribution in [0.3, 0.4) is 0 Å². The van der Waals surface area contributed by atoms with E-state index in [1.807, 2.05) is 48.5 Å². The lowest BCUT2D eigenvalue weighted by molar-refractivity contribution is 0.101. The average molecular weight is 278 g/mol. The minimum atomic E-state index is -0.0673. The van der Waals surface area contributed by atoms with Crippen LogP contribution in [-0.2, 0) is 6.42 Å². The van der Waals surface area contributed by atoms with Crippen LogP contribution in [0.4, 0.5) is 0 Å². The molecule has 2 aromatic carbocycles. The maximum Gasteiger partial charge on any atom is 0.228 e. The van der Waals surface area contributed by atoms with E-state index >= 15 is 0 Å². The van der Waals surface area contributed by atoms with Gasteiger partial charge in [0.15, 0.2) is 5.76 Å². The minimum absolute atomic E-state index is 0.0673. The number of hydrogen-bond donors (Lipinski definition) is 0. The smallest absolute Gasteiger partial charge is 0.228 e. The van der Waals surface area contributed by atoms with Gasteiger partial charge in [0.1, 0.15) is 5.58 Å². The van der Waals surface area contributed by atoms with Gasteiger partial charge in [-0.25, -0.2) is 0 Å². The molecule has 0 unspecified atom stereocenters. The molecule has 0 fully saturated rings. The molecule has 1 aromatic heterocycles. The number of para-hydroxylation sites is 1. The zero-order chi connectivity index (χ0) is 14.8. The third-order valence-corrected chi connectivity index (χ3v) is 3.51. The molecule has 0 amide bonds. The number of furan rings is 1. The van der Waals surface area contributed by atoms with Gasteiger partial charge >= 0.3 is 0 Å². The van der Waals surface area contributed by atoms with Gasteiger partial charge in [0.2, 0.25) is 5.78 Å². The number of benzene rings is 2. The standard InChI is InChI=1S/C19H18O2/c1-13(2)11-14-7-9-15(10-8-14)19(20)18-12-16-5-3-4-6-17(16)21-18/h3-10,12-13H,11H2,1-2H3. The molecule has 0 N–H and O–H groups in total. The van der Waals surface area contributed by atoms with E-state index in [-0.39, 0.29) is 5.78 Å². The Labute approximate surface area is 124 Å². The van der Waals surface area contributed by atoms with Crippen LogP contribution in [0, 0.1) is 5.92 Å². The summed E-state index contributed by atoms with van der Waals surface area (Å²) in [6.07, 6.45) is 1.03. The fourth-order valence-electron chi connectivity index (χ4n) is 2.50. The first-order chi connectivity index (χ1) is 10.1. The Hall–Kier alpha value is -2.35. The Morgan fingerprint density at radius 3 is 2.43 bits per heavy atom. The Balaban J connectivity index is 1.87. The van der Waals surface area contributed by atoms with Gasteiger partial charge < -0.3 is 4.42 Å². The second-order valence-corrected chi connectivity index (χ2v) is 5.77. The van der Waals surface area contributed by atoms with Crippen molar-refractivity contribution in [3.63, 3.8) is 0 Å². The number of fused-ring (bicyclic) bond motifs is 1. The van der Waals surface area contributed by atoms with Crippen LogP contribution in [0.2, 0.25) is 0 Å². The van der Waals surface area contributed by atoms with Crippen LogP contribution in [-0.4, -0.2) is 5.78 Å². The molecule has 0 saturated carbocycles. The number of carbonyl (C=O) groups excluding carboxylic acids is 1. The first-order valence-electron chi connectivity index (χ1n) is 7.25. The summed E-state index contributed by atoms with van der Waals surface area (Å²) in [4.78, 5) is 12.5. The Bertz CT molecular complexity index is 731. The molecule has 3 rings (SSSR count). The molecular formula is C19H18O2. The molecule has 0 bridgehead atoms. The van der Waals surface area contributed by atoms with E-state index in [4.69, 9.17) is 4.42 Å². The third-order valence-electron chi connectivity index (χ3n) is 3.51. The van der Waals surface area contributed by atoms with E-state index in [2.05, 4.69) is 13.8 Å². The summed E-state index contributed by atoms with van der Waals surface area (Å²) in [5.74, 6) is 0.942. The summed E-state index contributed by atoms with van der Waals surface area (Å²) >= 11 is 0. The van der Waals surface area contributed by atoms with Crippen LogP contribution in [0.15, 0.2) is 59.0 Å². The third kappa shape index (κ3) is 2.89. The van der Waals surface area contributed by atoms with Gasteiger partial charge in [-0.15, -0.1) is 0 Å². The summed E-state index contributed by atoms with van der Waals surface area (Å²) < 4.78 is 5.63. The van der Waals surface area contributed by atoms with Crippen molar-refractivity contribution in [1.82, 2.24) is 0 Å². The first-order valence-corrected chi connectivity index (χ1v) is 7.25. The monoisotopic (exact) mass is 278 g/mol. The van der Waals surface area contributed by atoms with Crippen molar-refractivity contribution in [3.05, 3.63) is 71.5 Å². The summed E-state index contributed by atoms with van der Waals surface area (Å²) in [5, 5.41) is 0.956. The molecule has 0 spiro atoms. The number of rotatable bonds is 4. The zero-order valence-corrected chi connectivity index (χ0v) is 12.3. The van der Waals surface area contributed by atoms with Gasteiger partial charge in [-0.1, -0.05) is 56.3 Å². The largest absolute Gasteiger partial charge is 0.453 e. The highest BCUT2D eigenvalue weighted by molar-refractivity contribution is 6.08. The van der Waals surface area contributed by atoms with Crippen molar-refractivity contribution in [2.45, 2.75) is 20.3 Å². The SMILES string of the molecule is CC(C)Cc1ccc(C(=O)c2cc3ccccc3o2)cc1. The van der Waals surface area contributed by atoms with E-state index in [9.17, 15) is 4.79 Å². The van der Waals surface area contributed by atoms with Crippen molar-refractivity contribution in [1.29, 1.82) is 0 Å². The first kappa shape index (κ1) is 13.6. The maximum absolute atomic E-state index is 12.5. The minimum Gasteiger partial charge on any atom is -0.453 e. The van der Waals surface area contributed by atoms with Crippen LogP contribution in [0.1, 0.15) is 35.5 Å². The quantitative estimate of drug-likeness (QED) is 0.638. The molecule has 0 aliphatic rings. The number of carbonyl (C=O) groups is 1. The van der Waals surface area contributed by atoms with E-state index in [0.29, 0.717) is 17.2 Å². The predicted octanol–water partition coefficient (Wildman–Crippen LogP) is 4.86. The summed E-state index contributed by atoms with van der Waals surface area (Å²) in [6, 6.07) is 17.3. The van der Waals surface area contributed by atoms with Crippen molar-refractivity contribution in [2.75, 3.05) is 0 Å². The molecular weight excluding hydrogens is 260 g/mol. The van der Waals surface area contributed by atoms with Crippen LogP contribution in [0.25, 0.3) is 11.0 Å². The molecule has 2 nitrogen and oxygen atoms in total. The molecule has 21 heavy (non-hydrogen) atoms. The van der Waals surface area contributed by atoms with Crippen molar-refractivity contribution in [2.24, 2.45) is 5.92 Å². The van der Waals surface area contributed by atoms with Gasteiger partial charge in [-0.3, -0.25) is 4.79 Å². The summed E-state index contributed by atoms with van der Waals surface area (Å²) in [5.41, 5.74) is 2.67. The molecule has 0 aliphatic heterocycles. The van der Waals surface area contributed by atoms with Crippen LogP contribution in [0.5, 0.6) is 0 Å². The molecule has 0 radical (unpaired) electrons. The molecule has 1 heterocycles. The Morgan fingerprint density at radius 2 is 1.76 bits per heavy atom. The highest BCUT2D eigenvalue weighted by Crippen LogP contribution is 2.21. The van der Waals surface area contributed by atoms with E-state index in [0.717, 1.165) is 17.4 Å². The van der Waals surface area contributed by atoms with Crippen molar-refractivity contribution >= 4 is 16.8 Å². The molecule has 106 valence electrons. The average Bonchev–Trinajstić information content (AvgIpc) is 2.90. The highest BCUT2D eigenvalue weighted by Gasteiger charge is 2.14. The maximum atomic E-state index is 12.5. The van der Waals surface area contributed by atoms with Gasteiger partial charge in [-0.2, -0.15) is 0 Å². The Kier molecular flexibility index (Phi) is 3.61.